The Hall–Kier alpha value is -1.41. The number of rotatable bonds is 4. The highest BCUT2D eigenvalue weighted by Crippen LogP contribution is 2.45. The van der Waals surface area contributed by atoms with Gasteiger partial charge in [-0.25, -0.2) is 9.97 Å². The number of fused-ring (bicyclic) bond motifs is 1. The van der Waals surface area contributed by atoms with Crippen LogP contribution in [0, 0.1) is 16.7 Å². The largest absolute Gasteiger partial charge is 0.393 e. The lowest BCUT2D eigenvalue weighted by molar-refractivity contribution is -0.126. The highest BCUT2D eigenvalue weighted by molar-refractivity contribution is 7.18. The van der Waals surface area contributed by atoms with Gasteiger partial charge in [-0.15, -0.1) is 11.3 Å². The molecule has 0 aromatic carbocycles. The summed E-state index contributed by atoms with van der Waals surface area (Å²) < 4.78 is 38.3. The van der Waals surface area contributed by atoms with E-state index >= 15 is 0 Å². The molecule has 4 nitrogen and oxygen atoms in total. The van der Waals surface area contributed by atoms with E-state index in [0.717, 1.165) is 54.6 Å². The highest BCUT2D eigenvalue weighted by Gasteiger charge is 2.52. The SMILES string of the molecule is CC1(C)CCCC(CN2CC3(C2)CN(c2ncnc4sc(CC(F)(F)F)cc24)C3)C1. The molecule has 1 atom stereocenters. The minimum Gasteiger partial charge on any atom is -0.355 e. The summed E-state index contributed by atoms with van der Waals surface area (Å²) in [5, 5.41) is 0.761. The summed E-state index contributed by atoms with van der Waals surface area (Å²) in [6.07, 6.45) is 1.78. The zero-order chi connectivity index (χ0) is 21.1. The summed E-state index contributed by atoms with van der Waals surface area (Å²) in [5.74, 6) is 1.62. The molecular weight excluding hydrogens is 409 g/mol. The number of likely N-dealkylation sites (tertiary alicyclic amines) is 1. The van der Waals surface area contributed by atoms with Crippen LogP contribution in [0.5, 0.6) is 0 Å². The van der Waals surface area contributed by atoms with Crippen LogP contribution in [-0.2, 0) is 6.42 Å². The number of alkyl halides is 3. The maximum atomic E-state index is 12.8. The van der Waals surface area contributed by atoms with Crippen molar-refractivity contribution in [3.05, 3.63) is 17.3 Å². The van der Waals surface area contributed by atoms with Gasteiger partial charge in [-0.1, -0.05) is 20.3 Å². The van der Waals surface area contributed by atoms with Gasteiger partial charge in [0.15, 0.2) is 0 Å². The third-order valence-corrected chi connectivity index (χ3v) is 8.07. The molecule has 0 N–H and O–H groups in total. The molecule has 4 heterocycles. The Bertz CT molecular complexity index is 924. The molecule has 1 aliphatic carbocycles. The lowest BCUT2D eigenvalue weighted by Gasteiger charge is -2.61. The minimum absolute atomic E-state index is 0.305. The predicted octanol–water partition coefficient (Wildman–Crippen LogP) is 5.13. The second-order valence-electron chi connectivity index (χ2n) is 10.6. The van der Waals surface area contributed by atoms with Crippen LogP contribution in [0.15, 0.2) is 12.4 Å². The first-order valence-electron chi connectivity index (χ1n) is 10.9. The summed E-state index contributed by atoms with van der Waals surface area (Å²) >= 11 is 1.12. The number of anilines is 1. The van der Waals surface area contributed by atoms with Crippen molar-refractivity contribution >= 4 is 27.4 Å². The second-order valence-corrected chi connectivity index (χ2v) is 11.7. The van der Waals surface area contributed by atoms with Gasteiger partial charge in [0.1, 0.15) is 17.0 Å². The fourth-order valence-corrected chi connectivity index (χ4v) is 6.97. The predicted molar refractivity (Wildman–Crippen MR) is 114 cm³/mol. The molecule has 1 spiro atoms. The summed E-state index contributed by atoms with van der Waals surface area (Å²) in [4.78, 5) is 14.4. The van der Waals surface area contributed by atoms with Crippen molar-refractivity contribution in [3.8, 4) is 0 Å². The normalized spacial score (nSPS) is 26.0. The standard InChI is InChI=1S/C22H29F3N4S/c1-20(2)5-3-4-15(7-20)9-28-10-21(11-28)12-29(13-21)18-17-6-16(8-22(23,24)25)30-19(17)27-14-26-18/h6,14-15H,3-5,7-13H2,1-2H3. The first kappa shape index (κ1) is 20.5. The van der Waals surface area contributed by atoms with Gasteiger partial charge in [0.2, 0.25) is 0 Å². The molecule has 164 valence electrons. The van der Waals surface area contributed by atoms with Crippen molar-refractivity contribution in [2.45, 2.75) is 52.1 Å². The van der Waals surface area contributed by atoms with E-state index < -0.39 is 12.6 Å². The Kier molecular flexibility index (Phi) is 4.82. The Labute approximate surface area is 179 Å². The van der Waals surface area contributed by atoms with Crippen LogP contribution in [0.1, 0.15) is 44.4 Å². The van der Waals surface area contributed by atoms with Gasteiger partial charge in [-0.05, 0) is 36.7 Å². The number of nitrogens with zero attached hydrogens (tertiary/aromatic N) is 4. The molecular formula is C22H29F3N4S. The van der Waals surface area contributed by atoms with Gasteiger partial charge in [-0.3, -0.25) is 0 Å². The van der Waals surface area contributed by atoms with E-state index in [4.69, 9.17) is 0 Å². The summed E-state index contributed by atoms with van der Waals surface area (Å²) in [5.41, 5.74) is 0.828. The molecule has 2 aromatic heterocycles. The van der Waals surface area contributed by atoms with Gasteiger partial charge in [0, 0.05) is 43.0 Å². The van der Waals surface area contributed by atoms with E-state index in [1.54, 1.807) is 6.07 Å². The highest BCUT2D eigenvalue weighted by atomic mass is 32.1. The number of hydrogen-bond donors (Lipinski definition) is 0. The van der Waals surface area contributed by atoms with Crippen molar-refractivity contribution in [1.82, 2.24) is 14.9 Å². The molecule has 3 fully saturated rings. The van der Waals surface area contributed by atoms with Crippen LogP contribution < -0.4 is 4.90 Å². The first-order valence-corrected chi connectivity index (χ1v) is 11.7. The Morgan fingerprint density at radius 2 is 1.93 bits per heavy atom. The molecule has 5 rings (SSSR count). The van der Waals surface area contributed by atoms with Crippen LogP contribution in [0.25, 0.3) is 10.2 Å². The van der Waals surface area contributed by atoms with Crippen molar-refractivity contribution < 1.29 is 13.2 Å². The minimum atomic E-state index is -4.20. The van der Waals surface area contributed by atoms with Gasteiger partial charge in [-0.2, -0.15) is 13.2 Å². The molecule has 2 aromatic rings. The van der Waals surface area contributed by atoms with Crippen LogP contribution in [0.4, 0.5) is 19.0 Å². The Morgan fingerprint density at radius 1 is 1.17 bits per heavy atom. The third-order valence-electron chi connectivity index (χ3n) is 7.03. The summed E-state index contributed by atoms with van der Waals surface area (Å²) in [7, 11) is 0. The molecule has 2 saturated heterocycles. The molecule has 0 amide bonds. The smallest absolute Gasteiger partial charge is 0.355 e. The van der Waals surface area contributed by atoms with E-state index in [1.807, 2.05) is 0 Å². The maximum absolute atomic E-state index is 12.8. The number of aromatic nitrogens is 2. The second kappa shape index (κ2) is 7.05. The molecule has 0 radical (unpaired) electrons. The molecule has 1 unspecified atom stereocenters. The van der Waals surface area contributed by atoms with Gasteiger partial charge in [0.25, 0.3) is 0 Å². The topological polar surface area (TPSA) is 32.3 Å². The van der Waals surface area contributed by atoms with Gasteiger partial charge >= 0.3 is 6.18 Å². The molecule has 30 heavy (non-hydrogen) atoms. The summed E-state index contributed by atoms with van der Waals surface area (Å²) in [6.45, 7) is 10.2. The summed E-state index contributed by atoms with van der Waals surface area (Å²) in [6, 6.07) is 1.63. The van der Waals surface area contributed by atoms with Crippen molar-refractivity contribution in [1.29, 1.82) is 0 Å². The lowest BCUT2D eigenvalue weighted by atomic mass is 9.69. The van der Waals surface area contributed by atoms with Crippen LogP contribution in [-0.4, -0.2) is 53.8 Å². The zero-order valence-corrected chi connectivity index (χ0v) is 18.5. The van der Waals surface area contributed by atoms with Crippen LogP contribution in [0.3, 0.4) is 0 Å². The van der Waals surface area contributed by atoms with E-state index in [-0.39, 0.29) is 0 Å². The average Bonchev–Trinajstić information content (AvgIpc) is 2.95. The molecule has 8 heteroatoms. The maximum Gasteiger partial charge on any atom is 0.393 e. The molecule has 3 aliphatic rings. The van der Waals surface area contributed by atoms with E-state index in [1.165, 1.54) is 38.6 Å². The van der Waals surface area contributed by atoms with E-state index in [2.05, 4.69) is 33.6 Å². The van der Waals surface area contributed by atoms with Crippen molar-refractivity contribution in [3.63, 3.8) is 0 Å². The Balaban J connectivity index is 1.19. The molecule has 1 saturated carbocycles. The quantitative estimate of drug-likeness (QED) is 0.662. The van der Waals surface area contributed by atoms with E-state index in [9.17, 15) is 13.2 Å². The lowest BCUT2D eigenvalue weighted by Crippen LogP contribution is -2.72. The fraction of sp³-hybridized carbons (Fsp3) is 0.727. The van der Waals surface area contributed by atoms with Gasteiger partial charge < -0.3 is 9.80 Å². The number of halogens is 3. The van der Waals surface area contributed by atoms with Crippen molar-refractivity contribution in [2.75, 3.05) is 37.6 Å². The first-order chi connectivity index (χ1) is 14.1. The Morgan fingerprint density at radius 3 is 2.63 bits per heavy atom. The van der Waals surface area contributed by atoms with Crippen LogP contribution >= 0.6 is 11.3 Å². The van der Waals surface area contributed by atoms with E-state index in [0.29, 0.717) is 20.5 Å². The monoisotopic (exact) mass is 438 g/mol. The van der Waals surface area contributed by atoms with Crippen LogP contribution in [0.2, 0.25) is 0 Å². The molecule has 0 bridgehead atoms. The fourth-order valence-electron chi connectivity index (χ4n) is 5.95. The van der Waals surface area contributed by atoms with Crippen molar-refractivity contribution in [2.24, 2.45) is 16.7 Å². The number of thiophene rings is 1. The third kappa shape index (κ3) is 4.05. The zero-order valence-electron chi connectivity index (χ0n) is 17.6. The average molecular weight is 439 g/mol. The number of hydrogen-bond acceptors (Lipinski definition) is 5. The van der Waals surface area contributed by atoms with Gasteiger partial charge in [0.05, 0.1) is 11.8 Å². The molecule has 2 aliphatic heterocycles.